The zero-order valence-electron chi connectivity index (χ0n) is 7.81. The molecule has 70 valence electrons. The second-order valence-electron chi connectivity index (χ2n) is 3.35. The van der Waals surface area contributed by atoms with Crippen molar-refractivity contribution in [1.29, 1.82) is 0 Å². The predicted molar refractivity (Wildman–Crippen MR) is 57.3 cm³/mol. The monoisotopic (exact) mass is 194 g/mol. The molecule has 0 fully saturated rings. The summed E-state index contributed by atoms with van der Waals surface area (Å²) >= 11 is 1.71. The fraction of sp³-hybridized carbons (Fsp3) is 0.500. The fourth-order valence-corrected chi connectivity index (χ4v) is 2.32. The maximum absolute atomic E-state index is 4.30. The molecule has 1 aromatic rings. The van der Waals surface area contributed by atoms with Crippen molar-refractivity contribution in [2.45, 2.75) is 25.3 Å². The van der Waals surface area contributed by atoms with Crippen molar-refractivity contribution >= 4 is 16.5 Å². The number of hydrogen-bond donors (Lipinski definition) is 0. The quantitative estimate of drug-likeness (QED) is 0.673. The van der Waals surface area contributed by atoms with Crippen LogP contribution < -0.4 is 4.90 Å². The number of nitrogens with zero attached hydrogens (tertiary/aromatic N) is 2. The number of hydrogen-bond acceptors (Lipinski definition) is 3. The number of thiazole rings is 1. The largest absolute Gasteiger partial charge is 0.345 e. The molecular formula is C10H14N2S. The molecule has 13 heavy (non-hydrogen) atoms. The number of allylic oxidation sites excluding steroid dienone is 1. The summed E-state index contributed by atoms with van der Waals surface area (Å²) in [4.78, 5) is 6.57. The van der Waals surface area contributed by atoms with Crippen LogP contribution in [0.5, 0.6) is 0 Å². The van der Waals surface area contributed by atoms with Crippen molar-refractivity contribution in [1.82, 2.24) is 4.98 Å². The summed E-state index contributed by atoms with van der Waals surface area (Å²) < 4.78 is 0. The molecule has 2 nitrogen and oxygen atoms in total. The van der Waals surface area contributed by atoms with E-state index in [2.05, 4.69) is 29.1 Å². The van der Waals surface area contributed by atoms with Crippen molar-refractivity contribution < 1.29 is 0 Å². The Morgan fingerprint density at radius 2 is 2.54 bits per heavy atom. The Morgan fingerprint density at radius 1 is 1.62 bits per heavy atom. The molecule has 0 saturated heterocycles. The zero-order valence-corrected chi connectivity index (χ0v) is 8.63. The second kappa shape index (κ2) is 3.92. The first-order chi connectivity index (χ1) is 6.38. The Bertz CT molecular complexity index is 279. The van der Waals surface area contributed by atoms with Crippen molar-refractivity contribution in [2.24, 2.45) is 0 Å². The minimum absolute atomic E-state index is 0.555. The molecule has 3 heteroatoms. The molecule has 1 unspecified atom stereocenters. The van der Waals surface area contributed by atoms with Crippen molar-refractivity contribution in [3.05, 3.63) is 23.7 Å². The van der Waals surface area contributed by atoms with Gasteiger partial charge in [0.2, 0.25) is 0 Å². The van der Waals surface area contributed by atoms with Gasteiger partial charge in [-0.2, -0.15) is 0 Å². The van der Waals surface area contributed by atoms with E-state index in [1.807, 2.05) is 11.6 Å². The predicted octanol–water partition coefficient (Wildman–Crippen LogP) is 2.69. The van der Waals surface area contributed by atoms with E-state index in [1.54, 1.807) is 11.3 Å². The number of rotatable bonds is 2. The van der Waals surface area contributed by atoms with Crippen LogP contribution in [0.1, 0.15) is 19.3 Å². The van der Waals surface area contributed by atoms with Gasteiger partial charge in [0.15, 0.2) is 5.13 Å². The Hall–Kier alpha value is -0.830. The summed E-state index contributed by atoms with van der Waals surface area (Å²) in [5, 5.41) is 3.15. The second-order valence-corrected chi connectivity index (χ2v) is 4.23. The summed E-state index contributed by atoms with van der Waals surface area (Å²) in [6.07, 6.45) is 10.2. The van der Waals surface area contributed by atoms with Crippen LogP contribution in [-0.2, 0) is 0 Å². The fourth-order valence-electron chi connectivity index (χ4n) is 1.65. The van der Waals surface area contributed by atoms with Crippen LogP contribution in [0, 0.1) is 0 Å². The van der Waals surface area contributed by atoms with Gasteiger partial charge in [-0.15, -0.1) is 11.3 Å². The molecule has 1 atom stereocenters. The molecule has 0 amide bonds. The van der Waals surface area contributed by atoms with Crippen LogP contribution in [0.2, 0.25) is 0 Å². The highest BCUT2D eigenvalue weighted by atomic mass is 32.1. The maximum Gasteiger partial charge on any atom is 0.185 e. The van der Waals surface area contributed by atoms with E-state index >= 15 is 0 Å². The van der Waals surface area contributed by atoms with Gasteiger partial charge < -0.3 is 4.90 Å². The van der Waals surface area contributed by atoms with E-state index in [0.29, 0.717) is 6.04 Å². The van der Waals surface area contributed by atoms with Crippen molar-refractivity contribution in [2.75, 3.05) is 11.9 Å². The highest BCUT2D eigenvalue weighted by Crippen LogP contribution is 2.23. The molecule has 0 N–H and O–H groups in total. The molecule has 0 spiro atoms. The SMILES string of the molecule is CN(c1nccs1)C1C=CCCC1. The molecular weight excluding hydrogens is 180 g/mol. The molecule has 0 radical (unpaired) electrons. The third kappa shape index (κ3) is 1.91. The van der Waals surface area contributed by atoms with Gasteiger partial charge in [-0.25, -0.2) is 4.98 Å². The van der Waals surface area contributed by atoms with Crippen molar-refractivity contribution in [3.8, 4) is 0 Å². The minimum atomic E-state index is 0.555. The van der Waals surface area contributed by atoms with E-state index in [1.165, 1.54) is 19.3 Å². The highest BCUT2D eigenvalue weighted by Gasteiger charge is 2.15. The first kappa shape index (κ1) is 8.75. The lowest BCUT2D eigenvalue weighted by Gasteiger charge is -2.27. The van der Waals surface area contributed by atoms with Crippen LogP contribution in [-0.4, -0.2) is 18.1 Å². The molecule has 2 rings (SSSR count). The van der Waals surface area contributed by atoms with Crippen LogP contribution in [0.3, 0.4) is 0 Å². The highest BCUT2D eigenvalue weighted by molar-refractivity contribution is 7.13. The summed E-state index contributed by atoms with van der Waals surface area (Å²) in [7, 11) is 2.12. The zero-order chi connectivity index (χ0) is 9.10. The number of aromatic nitrogens is 1. The van der Waals surface area contributed by atoms with Gasteiger partial charge in [0.25, 0.3) is 0 Å². The lowest BCUT2D eigenvalue weighted by Crippen LogP contribution is -2.30. The molecule has 0 saturated carbocycles. The van der Waals surface area contributed by atoms with Gasteiger partial charge in [0.05, 0.1) is 0 Å². The molecule has 0 aliphatic heterocycles. The Kier molecular flexibility index (Phi) is 2.64. The third-order valence-electron chi connectivity index (χ3n) is 2.45. The molecule has 1 aliphatic rings. The van der Waals surface area contributed by atoms with E-state index in [-0.39, 0.29) is 0 Å². The standard InChI is InChI=1S/C10H14N2S/c1-12(10-11-7-8-13-10)9-5-3-2-4-6-9/h3,5,7-9H,2,4,6H2,1H3. The van der Waals surface area contributed by atoms with Crippen LogP contribution in [0.25, 0.3) is 0 Å². The Morgan fingerprint density at radius 3 is 3.15 bits per heavy atom. The van der Waals surface area contributed by atoms with E-state index in [0.717, 1.165) is 5.13 Å². The topological polar surface area (TPSA) is 16.1 Å². The lowest BCUT2D eigenvalue weighted by molar-refractivity contribution is 0.616. The summed E-state index contributed by atoms with van der Waals surface area (Å²) in [5.74, 6) is 0. The molecule has 1 heterocycles. The van der Waals surface area contributed by atoms with Gasteiger partial charge in [-0.1, -0.05) is 12.2 Å². The van der Waals surface area contributed by atoms with E-state index in [9.17, 15) is 0 Å². The average molecular weight is 194 g/mol. The minimum Gasteiger partial charge on any atom is -0.345 e. The van der Waals surface area contributed by atoms with Crippen LogP contribution in [0.15, 0.2) is 23.7 Å². The van der Waals surface area contributed by atoms with Gasteiger partial charge in [0.1, 0.15) is 0 Å². The first-order valence-electron chi connectivity index (χ1n) is 4.67. The maximum atomic E-state index is 4.30. The molecule has 0 aromatic carbocycles. The normalized spacial score (nSPS) is 21.8. The van der Waals surface area contributed by atoms with E-state index in [4.69, 9.17) is 0 Å². The Labute approximate surface area is 82.9 Å². The smallest absolute Gasteiger partial charge is 0.185 e. The summed E-state index contributed by atoms with van der Waals surface area (Å²) in [6, 6.07) is 0.555. The van der Waals surface area contributed by atoms with Crippen LogP contribution in [0.4, 0.5) is 5.13 Å². The molecule has 1 aliphatic carbocycles. The third-order valence-corrected chi connectivity index (χ3v) is 3.31. The number of likely N-dealkylation sites (N-methyl/N-ethyl adjacent to an activating group) is 1. The Balaban J connectivity index is 2.08. The average Bonchev–Trinajstić information content (AvgIpc) is 2.71. The first-order valence-corrected chi connectivity index (χ1v) is 5.55. The summed E-state index contributed by atoms with van der Waals surface area (Å²) in [6.45, 7) is 0. The van der Waals surface area contributed by atoms with Gasteiger partial charge >= 0.3 is 0 Å². The van der Waals surface area contributed by atoms with Crippen molar-refractivity contribution in [3.63, 3.8) is 0 Å². The van der Waals surface area contributed by atoms with Gasteiger partial charge in [-0.3, -0.25) is 0 Å². The van der Waals surface area contributed by atoms with Crippen LogP contribution >= 0.6 is 11.3 Å². The summed E-state index contributed by atoms with van der Waals surface area (Å²) in [5.41, 5.74) is 0. The molecule has 0 bridgehead atoms. The lowest BCUT2D eigenvalue weighted by atomic mass is 10.0. The molecule has 1 aromatic heterocycles. The van der Waals surface area contributed by atoms with Gasteiger partial charge in [0, 0.05) is 24.7 Å². The van der Waals surface area contributed by atoms with Gasteiger partial charge in [-0.05, 0) is 19.3 Å². The number of anilines is 1. The van der Waals surface area contributed by atoms with E-state index < -0.39 is 0 Å².